The Hall–Kier alpha value is -3.43. The van der Waals surface area contributed by atoms with Gasteiger partial charge in [-0.05, 0) is 55.7 Å². The summed E-state index contributed by atoms with van der Waals surface area (Å²) in [4.78, 5) is 24.3. The van der Waals surface area contributed by atoms with E-state index in [4.69, 9.17) is 9.57 Å². The summed E-state index contributed by atoms with van der Waals surface area (Å²) >= 11 is 0. The summed E-state index contributed by atoms with van der Waals surface area (Å²) in [5, 5.41) is 4.11. The Morgan fingerprint density at radius 3 is 2.61 bits per heavy atom. The van der Waals surface area contributed by atoms with Crippen molar-refractivity contribution >= 4 is 5.71 Å². The number of hydrogen-bond donors (Lipinski definition) is 0. The number of likely N-dealkylation sites (tertiary alicyclic amines) is 1. The van der Waals surface area contributed by atoms with Gasteiger partial charge in [0.05, 0.1) is 17.9 Å². The number of pyridine rings is 2. The van der Waals surface area contributed by atoms with Crippen molar-refractivity contribution in [1.29, 1.82) is 0 Å². The van der Waals surface area contributed by atoms with Crippen LogP contribution < -0.4 is 5.56 Å². The Morgan fingerprint density at radius 1 is 1.14 bits per heavy atom. The summed E-state index contributed by atoms with van der Waals surface area (Å²) in [6.45, 7) is 5.00. The van der Waals surface area contributed by atoms with Crippen LogP contribution in [0.2, 0.25) is 0 Å². The number of hydrogen-bond acceptors (Lipinski definition) is 6. The van der Waals surface area contributed by atoms with Crippen LogP contribution in [0.1, 0.15) is 47.7 Å². The third-order valence-corrected chi connectivity index (χ3v) is 6.93. The molecule has 1 spiro atoms. The Balaban J connectivity index is 1.27. The van der Waals surface area contributed by atoms with Crippen LogP contribution >= 0.6 is 0 Å². The van der Waals surface area contributed by atoms with Crippen LogP contribution in [-0.4, -0.2) is 39.9 Å². The van der Waals surface area contributed by atoms with Crippen LogP contribution in [0.25, 0.3) is 0 Å². The van der Waals surface area contributed by atoms with E-state index >= 15 is 0 Å². The average Bonchev–Trinajstić information content (AvgIpc) is 3.20. The minimum absolute atomic E-state index is 0.0130. The summed E-state index contributed by atoms with van der Waals surface area (Å²) in [5.74, 6) is -1.86. The number of benzene rings is 1. The number of piperidine rings is 1. The molecule has 0 aliphatic carbocycles. The number of fused-ring (bicyclic) bond motifs is 2. The zero-order valence-corrected chi connectivity index (χ0v) is 20.3. The van der Waals surface area contributed by atoms with Crippen molar-refractivity contribution < 1.29 is 18.4 Å². The number of rotatable bonds is 6. The molecular weight excluding hydrogens is 466 g/mol. The number of nitrogens with zero attached hydrogens (tertiary/aromatic N) is 4. The van der Waals surface area contributed by atoms with Crippen LogP contribution in [0.15, 0.2) is 58.7 Å². The van der Waals surface area contributed by atoms with E-state index < -0.39 is 11.6 Å². The molecule has 1 aromatic carbocycles. The molecule has 3 aromatic rings. The molecule has 4 heterocycles. The Kier molecular flexibility index (Phi) is 6.68. The van der Waals surface area contributed by atoms with Crippen LogP contribution in [0.3, 0.4) is 0 Å². The third kappa shape index (κ3) is 4.68. The highest BCUT2D eigenvalue weighted by Gasteiger charge is 2.43. The van der Waals surface area contributed by atoms with Gasteiger partial charge in [-0.1, -0.05) is 5.16 Å². The molecule has 36 heavy (non-hydrogen) atoms. The molecule has 0 radical (unpaired) electrons. The summed E-state index contributed by atoms with van der Waals surface area (Å²) in [7, 11) is 1.76. The number of ether oxygens (including phenoxy) is 1. The van der Waals surface area contributed by atoms with E-state index in [-0.39, 0.29) is 11.2 Å². The zero-order chi connectivity index (χ0) is 25.3. The van der Waals surface area contributed by atoms with E-state index in [0.29, 0.717) is 36.6 Å². The first kappa shape index (κ1) is 24.3. The highest BCUT2D eigenvalue weighted by Crippen LogP contribution is 2.43. The van der Waals surface area contributed by atoms with E-state index in [1.807, 2.05) is 18.3 Å². The number of halogens is 2. The van der Waals surface area contributed by atoms with Gasteiger partial charge in [0.25, 0.3) is 5.56 Å². The molecule has 188 valence electrons. The second-order valence-corrected chi connectivity index (χ2v) is 9.25. The van der Waals surface area contributed by atoms with Crippen LogP contribution in [0.4, 0.5) is 8.78 Å². The quantitative estimate of drug-likeness (QED) is 0.385. The summed E-state index contributed by atoms with van der Waals surface area (Å²) in [5.41, 5.74) is 4.06. The van der Waals surface area contributed by atoms with Crippen molar-refractivity contribution in [2.45, 2.75) is 38.5 Å². The van der Waals surface area contributed by atoms with Crippen molar-refractivity contribution in [2.75, 3.05) is 19.7 Å². The topological polar surface area (TPSA) is 69.0 Å². The minimum Gasteiger partial charge on any atom is -0.396 e. The Morgan fingerprint density at radius 2 is 1.92 bits per heavy atom. The lowest BCUT2D eigenvalue weighted by Gasteiger charge is -2.39. The molecule has 1 saturated heterocycles. The molecule has 9 heteroatoms. The smallest absolute Gasteiger partial charge is 0.250 e. The molecule has 0 bridgehead atoms. The van der Waals surface area contributed by atoms with Crippen LogP contribution in [0, 0.1) is 11.6 Å². The molecule has 7 nitrogen and oxygen atoms in total. The summed E-state index contributed by atoms with van der Waals surface area (Å²) in [6, 6.07) is 9.13. The molecule has 0 unspecified atom stereocenters. The van der Waals surface area contributed by atoms with E-state index in [1.54, 1.807) is 30.8 Å². The normalized spacial score (nSPS) is 17.4. The molecule has 5 rings (SSSR count). The van der Waals surface area contributed by atoms with Crippen LogP contribution in [0.5, 0.6) is 0 Å². The Bertz CT molecular complexity index is 1350. The van der Waals surface area contributed by atoms with E-state index in [2.05, 4.69) is 15.0 Å². The highest BCUT2D eigenvalue weighted by molar-refractivity contribution is 6.12. The van der Waals surface area contributed by atoms with Gasteiger partial charge in [-0.2, -0.15) is 0 Å². The fraction of sp³-hybridized carbons (Fsp3) is 0.370. The van der Waals surface area contributed by atoms with Crippen molar-refractivity contribution in [3.8, 4) is 0 Å². The molecule has 0 amide bonds. The largest absolute Gasteiger partial charge is 0.396 e. The van der Waals surface area contributed by atoms with Gasteiger partial charge < -0.3 is 14.1 Å². The van der Waals surface area contributed by atoms with Crippen molar-refractivity contribution in [2.24, 2.45) is 12.2 Å². The molecular formula is C27H28F2N4O3. The molecule has 0 atom stereocenters. The second kappa shape index (κ2) is 9.91. The summed E-state index contributed by atoms with van der Waals surface area (Å²) < 4.78 is 35.0. The maximum absolute atomic E-state index is 13.8. The first-order valence-corrected chi connectivity index (χ1v) is 12.1. The summed E-state index contributed by atoms with van der Waals surface area (Å²) in [6.07, 6.45) is 5.18. The zero-order valence-electron chi connectivity index (χ0n) is 20.3. The van der Waals surface area contributed by atoms with Gasteiger partial charge in [-0.25, -0.2) is 8.78 Å². The molecule has 1 fully saturated rings. The SMILES string of the molecule is CCON=C(c1ccc(CN2CCC3(CC2)OCc2cn(C)c(=O)cc23)nc1)c1ccc(F)c(F)c1. The molecule has 2 aromatic heterocycles. The van der Waals surface area contributed by atoms with Gasteiger partial charge in [-0.15, -0.1) is 0 Å². The fourth-order valence-electron chi connectivity index (χ4n) is 4.94. The van der Waals surface area contributed by atoms with Crippen LogP contribution in [-0.2, 0) is 35.4 Å². The molecule has 0 saturated carbocycles. The van der Waals surface area contributed by atoms with Gasteiger partial charge in [-0.3, -0.25) is 14.7 Å². The molecule has 0 N–H and O–H groups in total. The molecule has 2 aliphatic heterocycles. The lowest BCUT2D eigenvalue weighted by molar-refractivity contribution is -0.0800. The Labute approximate surface area is 208 Å². The standard InChI is InChI=1S/C27H28F2N4O3/c1-3-36-31-26(18-5-7-23(28)24(29)12-18)19-4-6-21(30-14-19)16-33-10-8-27(9-11-33)22-13-25(34)32(2)15-20(22)17-35-27/h4-7,12-15H,3,8-11,16-17H2,1-2H3. The van der Waals surface area contributed by atoms with Crippen molar-refractivity contribution in [3.05, 3.63) is 98.7 Å². The van der Waals surface area contributed by atoms with Gasteiger partial charge in [0.15, 0.2) is 11.6 Å². The third-order valence-electron chi connectivity index (χ3n) is 6.93. The lowest BCUT2D eigenvalue weighted by Crippen LogP contribution is -2.42. The average molecular weight is 495 g/mol. The van der Waals surface area contributed by atoms with Gasteiger partial charge in [0.2, 0.25) is 0 Å². The fourth-order valence-corrected chi connectivity index (χ4v) is 4.94. The maximum atomic E-state index is 13.8. The monoisotopic (exact) mass is 494 g/mol. The number of aromatic nitrogens is 2. The molecule has 2 aliphatic rings. The van der Waals surface area contributed by atoms with E-state index in [9.17, 15) is 13.6 Å². The lowest BCUT2D eigenvalue weighted by atomic mass is 9.84. The van der Waals surface area contributed by atoms with Gasteiger partial charge in [0.1, 0.15) is 12.3 Å². The van der Waals surface area contributed by atoms with Crippen molar-refractivity contribution in [1.82, 2.24) is 14.5 Å². The maximum Gasteiger partial charge on any atom is 0.250 e. The van der Waals surface area contributed by atoms with Crippen molar-refractivity contribution in [3.63, 3.8) is 0 Å². The highest BCUT2D eigenvalue weighted by atomic mass is 19.2. The second-order valence-electron chi connectivity index (χ2n) is 9.25. The first-order valence-electron chi connectivity index (χ1n) is 12.1. The predicted molar refractivity (Wildman–Crippen MR) is 131 cm³/mol. The minimum atomic E-state index is -0.946. The van der Waals surface area contributed by atoms with Gasteiger partial charge >= 0.3 is 0 Å². The predicted octanol–water partition coefficient (Wildman–Crippen LogP) is 3.87. The number of aryl methyl sites for hydroxylation is 1. The first-order chi connectivity index (χ1) is 17.4. The van der Waals surface area contributed by atoms with E-state index in [0.717, 1.165) is 54.9 Å². The van der Waals surface area contributed by atoms with Gasteiger partial charge in [0, 0.05) is 61.8 Å². The number of oxime groups is 1. The van der Waals surface area contributed by atoms with E-state index in [1.165, 1.54) is 6.07 Å².